The molecule has 1 unspecified atom stereocenters. The smallest absolute Gasteiger partial charge is 0.306 e. The summed E-state index contributed by atoms with van der Waals surface area (Å²) in [6.45, 7) is 11.4. The lowest BCUT2D eigenvalue weighted by atomic mass is 9.99. The van der Waals surface area contributed by atoms with Gasteiger partial charge in [-0.2, -0.15) is 0 Å². The molecule has 2 atom stereocenters. The molecule has 0 bridgehead atoms. The molecular weight excluding hydrogens is 745 g/mol. The fourth-order valence-corrected chi connectivity index (χ4v) is 8.13. The Morgan fingerprint density at radius 3 is 0.950 bits per heavy atom. The van der Waals surface area contributed by atoms with Crippen molar-refractivity contribution in [1.82, 2.24) is 0 Å². The van der Waals surface area contributed by atoms with E-state index in [9.17, 15) is 14.4 Å². The second-order valence-electron chi connectivity index (χ2n) is 19.2. The zero-order valence-corrected chi connectivity index (χ0v) is 41.1. The standard InChI is InChI=1S/C54H104O6/c1-6-8-9-32-39-44-52(55)58-47-51(60-54(57)46-41-36-31-27-23-19-15-14-17-21-25-29-34-38-43-50(5)7-2)48-59-53(56)45-40-35-30-26-22-18-13-11-10-12-16-20-24-28-33-37-42-49(3)4/h49-51H,6-48H2,1-5H3/t50?,51-/m1/s1. The van der Waals surface area contributed by atoms with E-state index in [0.29, 0.717) is 19.3 Å². The van der Waals surface area contributed by atoms with Gasteiger partial charge in [0.05, 0.1) is 0 Å². The summed E-state index contributed by atoms with van der Waals surface area (Å²) in [6.07, 6.45) is 48.3. The molecule has 0 aromatic rings. The summed E-state index contributed by atoms with van der Waals surface area (Å²) in [5, 5.41) is 0. The van der Waals surface area contributed by atoms with Crippen LogP contribution in [0.3, 0.4) is 0 Å². The van der Waals surface area contributed by atoms with Crippen LogP contribution in [0.15, 0.2) is 0 Å². The van der Waals surface area contributed by atoms with Crippen LogP contribution in [0.2, 0.25) is 0 Å². The lowest BCUT2D eigenvalue weighted by molar-refractivity contribution is -0.167. The first-order valence-electron chi connectivity index (χ1n) is 26.8. The van der Waals surface area contributed by atoms with Gasteiger partial charge < -0.3 is 14.2 Å². The molecule has 0 aliphatic carbocycles. The molecule has 0 N–H and O–H groups in total. The number of carbonyl (C=O) groups excluding carboxylic acids is 3. The van der Waals surface area contributed by atoms with Gasteiger partial charge in [0.2, 0.25) is 0 Å². The van der Waals surface area contributed by atoms with Crippen LogP contribution in [0.25, 0.3) is 0 Å². The van der Waals surface area contributed by atoms with Crippen molar-refractivity contribution in [3.05, 3.63) is 0 Å². The summed E-state index contributed by atoms with van der Waals surface area (Å²) in [7, 11) is 0. The van der Waals surface area contributed by atoms with E-state index in [4.69, 9.17) is 14.2 Å². The predicted octanol–water partition coefficient (Wildman–Crippen LogP) is 17.3. The van der Waals surface area contributed by atoms with Crippen molar-refractivity contribution in [3.8, 4) is 0 Å². The monoisotopic (exact) mass is 849 g/mol. The van der Waals surface area contributed by atoms with Gasteiger partial charge in [-0.25, -0.2) is 0 Å². The highest BCUT2D eigenvalue weighted by molar-refractivity contribution is 5.71. The first-order valence-corrected chi connectivity index (χ1v) is 26.8. The third-order valence-corrected chi connectivity index (χ3v) is 12.6. The van der Waals surface area contributed by atoms with Crippen molar-refractivity contribution in [2.45, 2.75) is 304 Å². The van der Waals surface area contributed by atoms with Crippen LogP contribution in [-0.4, -0.2) is 37.2 Å². The largest absolute Gasteiger partial charge is 0.462 e. The maximum absolute atomic E-state index is 12.7. The number of carbonyl (C=O) groups is 3. The molecule has 6 heteroatoms. The van der Waals surface area contributed by atoms with E-state index in [1.165, 1.54) is 180 Å². The molecule has 0 fully saturated rings. The van der Waals surface area contributed by atoms with E-state index in [2.05, 4.69) is 34.6 Å². The Kier molecular flexibility index (Phi) is 45.7. The van der Waals surface area contributed by atoms with Gasteiger partial charge in [-0.05, 0) is 31.1 Å². The van der Waals surface area contributed by atoms with E-state index in [-0.39, 0.29) is 31.1 Å². The minimum absolute atomic E-state index is 0.0643. The summed E-state index contributed by atoms with van der Waals surface area (Å²) in [5.41, 5.74) is 0. The molecule has 0 radical (unpaired) electrons. The first-order chi connectivity index (χ1) is 29.3. The third-order valence-electron chi connectivity index (χ3n) is 12.6. The van der Waals surface area contributed by atoms with E-state index in [0.717, 1.165) is 76.0 Å². The van der Waals surface area contributed by atoms with Gasteiger partial charge in [0.25, 0.3) is 0 Å². The van der Waals surface area contributed by atoms with Gasteiger partial charge in [-0.15, -0.1) is 0 Å². The summed E-state index contributed by atoms with van der Waals surface area (Å²) < 4.78 is 16.7. The van der Waals surface area contributed by atoms with Crippen LogP contribution in [0.4, 0.5) is 0 Å². The molecule has 0 rings (SSSR count). The number of unbranched alkanes of at least 4 members (excludes halogenated alkanes) is 32. The Labute approximate surface area is 374 Å². The van der Waals surface area contributed by atoms with Crippen LogP contribution in [0, 0.1) is 11.8 Å². The van der Waals surface area contributed by atoms with Gasteiger partial charge in [-0.1, -0.05) is 259 Å². The number of rotatable bonds is 48. The minimum Gasteiger partial charge on any atom is -0.462 e. The van der Waals surface area contributed by atoms with Crippen molar-refractivity contribution in [1.29, 1.82) is 0 Å². The molecule has 0 saturated heterocycles. The van der Waals surface area contributed by atoms with Crippen molar-refractivity contribution >= 4 is 17.9 Å². The summed E-state index contributed by atoms with van der Waals surface area (Å²) >= 11 is 0. The summed E-state index contributed by atoms with van der Waals surface area (Å²) in [6, 6.07) is 0. The van der Waals surface area contributed by atoms with Crippen molar-refractivity contribution in [2.24, 2.45) is 11.8 Å². The molecule has 0 aromatic heterocycles. The normalized spacial score (nSPS) is 12.5. The fourth-order valence-electron chi connectivity index (χ4n) is 8.13. The van der Waals surface area contributed by atoms with E-state index in [1.807, 2.05) is 0 Å². The minimum atomic E-state index is -0.760. The Morgan fingerprint density at radius 2 is 0.633 bits per heavy atom. The quantitative estimate of drug-likeness (QED) is 0.0345. The average molecular weight is 849 g/mol. The SMILES string of the molecule is CCCCCCCC(=O)OC[C@H](COC(=O)CCCCCCCCCCCCCCCCCCC(C)C)OC(=O)CCCCCCCCCCCCCCCCC(C)CC. The number of ether oxygens (including phenoxy) is 3. The highest BCUT2D eigenvalue weighted by Crippen LogP contribution is 2.18. The lowest BCUT2D eigenvalue weighted by Crippen LogP contribution is -2.30. The summed E-state index contributed by atoms with van der Waals surface area (Å²) in [5.74, 6) is 0.888. The van der Waals surface area contributed by atoms with Gasteiger partial charge in [0, 0.05) is 19.3 Å². The highest BCUT2D eigenvalue weighted by atomic mass is 16.6. The van der Waals surface area contributed by atoms with E-state index < -0.39 is 6.10 Å². The molecule has 0 aromatic carbocycles. The Balaban J connectivity index is 4.08. The second kappa shape index (κ2) is 46.9. The van der Waals surface area contributed by atoms with E-state index in [1.54, 1.807) is 0 Å². The van der Waals surface area contributed by atoms with Crippen LogP contribution in [-0.2, 0) is 28.6 Å². The number of esters is 3. The highest BCUT2D eigenvalue weighted by Gasteiger charge is 2.19. The first kappa shape index (κ1) is 58.4. The molecule has 0 aliphatic heterocycles. The zero-order valence-electron chi connectivity index (χ0n) is 41.1. The van der Waals surface area contributed by atoms with Gasteiger partial charge in [0.1, 0.15) is 13.2 Å². The third kappa shape index (κ3) is 45.9. The van der Waals surface area contributed by atoms with Crippen molar-refractivity contribution < 1.29 is 28.6 Å². The molecule has 0 spiro atoms. The van der Waals surface area contributed by atoms with Crippen LogP contribution in [0.1, 0.15) is 298 Å². The van der Waals surface area contributed by atoms with Crippen molar-refractivity contribution in [2.75, 3.05) is 13.2 Å². The topological polar surface area (TPSA) is 78.9 Å². The molecule has 356 valence electrons. The lowest BCUT2D eigenvalue weighted by Gasteiger charge is -2.18. The van der Waals surface area contributed by atoms with Gasteiger partial charge in [0.15, 0.2) is 6.10 Å². The molecular formula is C54H104O6. The molecule has 0 aliphatic rings. The second-order valence-corrected chi connectivity index (χ2v) is 19.2. The molecule has 0 heterocycles. The zero-order chi connectivity index (χ0) is 44.0. The fraction of sp³-hybridized carbons (Fsp3) is 0.944. The van der Waals surface area contributed by atoms with Crippen LogP contribution >= 0.6 is 0 Å². The van der Waals surface area contributed by atoms with Gasteiger partial charge >= 0.3 is 17.9 Å². The Bertz CT molecular complexity index is 918. The maximum Gasteiger partial charge on any atom is 0.306 e. The van der Waals surface area contributed by atoms with E-state index >= 15 is 0 Å². The van der Waals surface area contributed by atoms with Crippen LogP contribution in [0.5, 0.6) is 0 Å². The van der Waals surface area contributed by atoms with Crippen LogP contribution < -0.4 is 0 Å². The molecule has 0 saturated carbocycles. The Hall–Kier alpha value is -1.59. The Morgan fingerprint density at radius 1 is 0.350 bits per heavy atom. The average Bonchev–Trinajstić information content (AvgIpc) is 3.23. The summed E-state index contributed by atoms with van der Waals surface area (Å²) in [4.78, 5) is 37.7. The molecule has 60 heavy (non-hydrogen) atoms. The maximum atomic E-state index is 12.7. The number of hydrogen-bond acceptors (Lipinski definition) is 6. The predicted molar refractivity (Wildman–Crippen MR) is 256 cm³/mol. The number of hydrogen-bond donors (Lipinski definition) is 0. The van der Waals surface area contributed by atoms with Crippen molar-refractivity contribution in [3.63, 3.8) is 0 Å². The van der Waals surface area contributed by atoms with Gasteiger partial charge in [-0.3, -0.25) is 14.4 Å². The molecule has 0 amide bonds. The molecule has 6 nitrogen and oxygen atoms in total.